The fourth-order valence-electron chi connectivity index (χ4n) is 3.44. The first-order chi connectivity index (χ1) is 12.0. The van der Waals surface area contributed by atoms with Crippen molar-refractivity contribution in [2.24, 2.45) is 0 Å². The van der Waals surface area contributed by atoms with E-state index < -0.39 is 16.1 Å². The predicted octanol–water partition coefficient (Wildman–Crippen LogP) is 0.887. The fraction of sp³-hybridized carbons (Fsp3) is 0.750. The first kappa shape index (κ1) is 18.3. The van der Waals surface area contributed by atoms with Crippen molar-refractivity contribution in [3.63, 3.8) is 0 Å². The number of aromatic nitrogens is 2. The van der Waals surface area contributed by atoms with Crippen molar-refractivity contribution < 1.29 is 17.9 Å². The van der Waals surface area contributed by atoms with Gasteiger partial charge in [-0.3, -0.25) is 9.69 Å². The summed E-state index contributed by atoms with van der Waals surface area (Å²) in [7, 11) is -3.51. The Morgan fingerprint density at radius 1 is 1.36 bits per heavy atom. The van der Waals surface area contributed by atoms with Crippen LogP contribution in [0.15, 0.2) is 12.3 Å². The van der Waals surface area contributed by atoms with Crippen molar-refractivity contribution in [3.05, 3.63) is 12.3 Å². The molecular formula is C16H26N4O4S. The highest BCUT2D eigenvalue weighted by atomic mass is 32.2. The number of anilines is 1. The zero-order chi connectivity index (χ0) is 17.9. The van der Waals surface area contributed by atoms with Crippen molar-refractivity contribution in [1.82, 2.24) is 14.5 Å². The second-order valence-electron chi connectivity index (χ2n) is 6.55. The van der Waals surface area contributed by atoms with E-state index in [-0.39, 0.29) is 17.8 Å². The van der Waals surface area contributed by atoms with Gasteiger partial charge in [-0.2, -0.15) is 5.10 Å². The van der Waals surface area contributed by atoms with Crippen LogP contribution in [0.5, 0.6) is 0 Å². The molecule has 3 rings (SSSR count). The Kier molecular flexibility index (Phi) is 5.75. The van der Waals surface area contributed by atoms with E-state index in [4.69, 9.17) is 4.74 Å². The van der Waals surface area contributed by atoms with Crippen LogP contribution in [0.3, 0.4) is 0 Å². The molecule has 3 heterocycles. The predicted molar refractivity (Wildman–Crippen MR) is 93.8 cm³/mol. The number of carbonyl (C=O) groups is 1. The molecule has 2 fully saturated rings. The second-order valence-corrected chi connectivity index (χ2v) is 8.42. The van der Waals surface area contributed by atoms with Crippen LogP contribution in [0.1, 0.15) is 39.0 Å². The van der Waals surface area contributed by atoms with E-state index in [1.165, 1.54) is 0 Å². The van der Waals surface area contributed by atoms with Crippen molar-refractivity contribution in [2.75, 3.05) is 23.8 Å². The Hall–Kier alpha value is -1.45. The lowest BCUT2D eigenvalue weighted by Gasteiger charge is -2.32. The summed E-state index contributed by atoms with van der Waals surface area (Å²) >= 11 is 0. The van der Waals surface area contributed by atoms with E-state index in [2.05, 4.69) is 9.82 Å². The minimum Gasteiger partial charge on any atom is -0.378 e. The topological polar surface area (TPSA) is 93.5 Å². The third kappa shape index (κ3) is 4.39. The zero-order valence-electron chi connectivity index (χ0n) is 14.6. The average Bonchev–Trinajstić information content (AvgIpc) is 3.26. The van der Waals surface area contributed by atoms with Crippen LogP contribution >= 0.6 is 0 Å². The van der Waals surface area contributed by atoms with Crippen LogP contribution in [-0.4, -0.2) is 55.2 Å². The van der Waals surface area contributed by atoms with Gasteiger partial charge < -0.3 is 4.74 Å². The summed E-state index contributed by atoms with van der Waals surface area (Å²) in [5.41, 5.74) is 0. The summed E-state index contributed by atoms with van der Waals surface area (Å²) in [6, 6.07) is 1.08. The van der Waals surface area contributed by atoms with Crippen molar-refractivity contribution >= 4 is 21.7 Å². The minimum atomic E-state index is -3.51. The number of piperidine rings is 1. The van der Waals surface area contributed by atoms with Crippen molar-refractivity contribution in [2.45, 2.75) is 57.7 Å². The van der Waals surface area contributed by atoms with E-state index in [1.807, 2.05) is 6.92 Å². The minimum absolute atomic E-state index is 0.00562. The molecule has 0 aliphatic carbocycles. The van der Waals surface area contributed by atoms with Gasteiger partial charge in [0.15, 0.2) is 0 Å². The molecule has 2 aliphatic heterocycles. The van der Waals surface area contributed by atoms with Crippen molar-refractivity contribution in [3.8, 4) is 0 Å². The maximum absolute atomic E-state index is 12.8. The van der Waals surface area contributed by atoms with Gasteiger partial charge >= 0.3 is 0 Å². The second kappa shape index (κ2) is 7.84. The molecule has 140 valence electrons. The Balaban J connectivity index is 1.62. The molecule has 0 bridgehead atoms. The third-order valence-electron chi connectivity index (χ3n) is 4.76. The number of aryl methyl sites for hydroxylation is 1. The van der Waals surface area contributed by atoms with E-state index in [0.29, 0.717) is 32.5 Å². The molecule has 2 saturated heterocycles. The molecule has 0 radical (unpaired) electrons. The lowest BCUT2D eigenvalue weighted by Crippen LogP contribution is -2.53. The van der Waals surface area contributed by atoms with Crippen LogP contribution in [-0.2, 0) is 26.1 Å². The van der Waals surface area contributed by atoms with Crippen molar-refractivity contribution in [1.29, 1.82) is 0 Å². The standard InChI is InChI=1S/C16H26N4O4S/c1-2-20-15(7-9-17-20)19-10-3-6-14(16(19)21)18-25(22,23)12-8-13-5-4-11-24-13/h7,9,13-14,18H,2-6,8,10-12H2,1H3/t13-,14-/m0/s1. The Labute approximate surface area is 148 Å². The largest absolute Gasteiger partial charge is 0.378 e. The van der Waals surface area contributed by atoms with Gasteiger partial charge in [-0.1, -0.05) is 0 Å². The van der Waals surface area contributed by atoms with Crippen LogP contribution in [0.4, 0.5) is 5.82 Å². The lowest BCUT2D eigenvalue weighted by atomic mass is 10.1. The molecule has 2 atom stereocenters. The van der Waals surface area contributed by atoms with Gasteiger partial charge in [0.2, 0.25) is 15.9 Å². The average molecular weight is 370 g/mol. The molecule has 8 nitrogen and oxygen atoms in total. The van der Waals surface area contributed by atoms with Gasteiger partial charge in [-0.15, -0.1) is 0 Å². The van der Waals surface area contributed by atoms with E-state index in [9.17, 15) is 13.2 Å². The number of carbonyl (C=O) groups excluding carboxylic acids is 1. The van der Waals surface area contributed by atoms with Gasteiger partial charge in [-0.05, 0) is 39.0 Å². The Morgan fingerprint density at radius 3 is 2.92 bits per heavy atom. The first-order valence-corrected chi connectivity index (χ1v) is 10.6. The smallest absolute Gasteiger partial charge is 0.246 e. The van der Waals surface area contributed by atoms with Gasteiger partial charge in [0.1, 0.15) is 11.9 Å². The number of amides is 1. The maximum atomic E-state index is 12.8. The number of ether oxygens (including phenoxy) is 1. The van der Waals surface area contributed by atoms with Crippen LogP contribution < -0.4 is 9.62 Å². The lowest BCUT2D eigenvalue weighted by molar-refractivity contribution is -0.121. The molecule has 0 spiro atoms. The number of rotatable bonds is 7. The molecule has 1 N–H and O–H groups in total. The van der Waals surface area contributed by atoms with Gasteiger partial charge in [0.05, 0.1) is 18.1 Å². The molecular weight excluding hydrogens is 344 g/mol. The van der Waals surface area contributed by atoms with E-state index >= 15 is 0 Å². The molecule has 1 amide bonds. The highest BCUT2D eigenvalue weighted by molar-refractivity contribution is 7.89. The molecule has 0 unspecified atom stereocenters. The molecule has 1 aromatic rings. The summed E-state index contributed by atoms with van der Waals surface area (Å²) in [4.78, 5) is 14.4. The quantitative estimate of drug-likeness (QED) is 0.769. The molecule has 2 aliphatic rings. The molecule has 1 aromatic heterocycles. The van der Waals surface area contributed by atoms with Gasteiger partial charge in [-0.25, -0.2) is 17.8 Å². The molecule has 25 heavy (non-hydrogen) atoms. The summed E-state index contributed by atoms with van der Waals surface area (Å²) in [5.74, 6) is 0.506. The highest BCUT2D eigenvalue weighted by Crippen LogP contribution is 2.22. The van der Waals surface area contributed by atoms with Crippen LogP contribution in [0.25, 0.3) is 0 Å². The summed E-state index contributed by atoms with van der Waals surface area (Å²) < 4.78 is 34.5. The van der Waals surface area contributed by atoms with Crippen LogP contribution in [0.2, 0.25) is 0 Å². The number of nitrogens with one attached hydrogen (secondary N) is 1. The number of hydrogen-bond acceptors (Lipinski definition) is 5. The molecule has 0 aromatic carbocycles. The number of hydrogen-bond donors (Lipinski definition) is 1. The Bertz CT molecular complexity index is 697. The normalized spacial score (nSPS) is 24.8. The van der Waals surface area contributed by atoms with Gasteiger partial charge in [0.25, 0.3) is 0 Å². The summed E-state index contributed by atoms with van der Waals surface area (Å²) in [6.45, 7) is 3.90. The monoisotopic (exact) mass is 370 g/mol. The first-order valence-electron chi connectivity index (χ1n) is 8.95. The summed E-state index contributed by atoms with van der Waals surface area (Å²) in [5, 5.41) is 4.19. The number of nitrogens with zero attached hydrogens (tertiary/aromatic N) is 3. The maximum Gasteiger partial charge on any atom is 0.246 e. The highest BCUT2D eigenvalue weighted by Gasteiger charge is 2.34. The van der Waals surface area contributed by atoms with Crippen LogP contribution in [0, 0.1) is 0 Å². The Morgan fingerprint density at radius 2 is 2.20 bits per heavy atom. The number of sulfonamides is 1. The van der Waals surface area contributed by atoms with E-state index in [1.54, 1.807) is 21.8 Å². The van der Waals surface area contributed by atoms with E-state index in [0.717, 1.165) is 25.1 Å². The molecule has 9 heteroatoms. The van der Waals surface area contributed by atoms with Gasteiger partial charge in [0, 0.05) is 25.8 Å². The third-order valence-corrected chi connectivity index (χ3v) is 6.18. The molecule has 0 saturated carbocycles. The summed E-state index contributed by atoms with van der Waals surface area (Å²) in [6.07, 6.45) is 5.32. The zero-order valence-corrected chi connectivity index (χ0v) is 15.4. The fourth-order valence-corrected chi connectivity index (χ4v) is 4.79. The SMILES string of the molecule is CCn1nccc1N1CCC[C@H](NS(=O)(=O)CC[C@@H]2CCCO2)C1=O.